The van der Waals surface area contributed by atoms with Crippen LogP contribution in [-0.4, -0.2) is 31.6 Å². The highest BCUT2D eigenvalue weighted by atomic mass is 15.1. The number of likely N-dealkylation sites (N-methyl/N-ethyl adjacent to an activating group) is 1. The van der Waals surface area contributed by atoms with Crippen LogP contribution in [0.5, 0.6) is 0 Å². The summed E-state index contributed by atoms with van der Waals surface area (Å²) in [4.78, 5) is 2.23. The van der Waals surface area contributed by atoms with Gasteiger partial charge in [0.25, 0.3) is 0 Å². The fourth-order valence-corrected chi connectivity index (χ4v) is 2.50. The van der Waals surface area contributed by atoms with E-state index in [1.165, 1.54) is 12.0 Å². The largest absolute Gasteiger partial charge is 0.308 e. The van der Waals surface area contributed by atoms with Crippen molar-refractivity contribution in [2.24, 2.45) is 5.92 Å². The van der Waals surface area contributed by atoms with Crippen LogP contribution in [0, 0.1) is 17.2 Å². The highest BCUT2D eigenvalue weighted by molar-refractivity contribution is 5.32. The number of rotatable bonds is 7. The van der Waals surface area contributed by atoms with Gasteiger partial charge < -0.3 is 10.2 Å². The van der Waals surface area contributed by atoms with Crippen LogP contribution in [0.25, 0.3) is 0 Å². The van der Waals surface area contributed by atoms with E-state index in [9.17, 15) is 0 Å². The van der Waals surface area contributed by atoms with Crippen molar-refractivity contribution < 1.29 is 0 Å². The lowest BCUT2D eigenvalue weighted by Gasteiger charge is -2.27. The van der Waals surface area contributed by atoms with Gasteiger partial charge in [0.15, 0.2) is 0 Å². The zero-order valence-corrected chi connectivity index (χ0v) is 13.4. The smallest absolute Gasteiger partial charge is 0.0991 e. The Morgan fingerprint density at radius 1 is 1.15 bits per heavy atom. The molecular formula is C17H27N3. The van der Waals surface area contributed by atoms with Crippen molar-refractivity contribution >= 4 is 0 Å². The number of benzene rings is 1. The molecule has 0 heterocycles. The zero-order chi connectivity index (χ0) is 15.1. The molecule has 0 aliphatic rings. The number of nitrogens with zero attached hydrogens (tertiary/aromatic N) is 2. The Morgan fingerprint density at radius 2 is 1.75 bits per heavy atom. The van der Waals surface area contributed by atoms with Crippen LogP contribution in [0.1, 0.15) is 44.4 Å². The lowest BCUT2D eigenvalue weighted by molar-refractivity contribution is 0.291. The van der Waals surface area contributed by atoms with Gasteiger partial charge in [-0.3, -0.25) is 0 Å². The first-order chi connectivity index (χ1) is 9.42. The van der Waals surface area contributed by atoms with Crippen molar-refractivity contribution in [3.05, 3.63) is 35.4 Å². The predicted molar refractivity (Wildman–Crippen MR) is 84.5 cm³/mol. The van der Waals surface area contributed by atoms with Crippen LogP contribution in [0.2, 0.25) is 0 Å². The number of nitriles is 1. The van der Waals surface area contributed by atoms with Crippen LogP contribution in [0.3, 0.4) is 0 Å². The third kappa shape index (κ3) is 5.73. The summed E-state index contributed by atoms with van der Waals surface area (Å²) in [7, 11) is 4.22. The Kier molecular flexibility index (Phi) is 6.70. The molecule has 2 unspecified atom stereocenters. The lowest BCUT2D eigenvalue weighted by Crippen LogP contribution is -2.40. The summed E-state index contributed by atoms with van der Waals surface area (Å²) in [5.41, 5.74) is 1.95. The van der Waals surface area contributed by atoms with E-state index in [1.807, 2.05) is 24.3 Å². The number of hydrogen-bond acceptors (Lipinski definition) is 3. The van der Waals surface area contributed by atoms with Crippen molar-refractivity contribution in [1.29, 1.82) is 5.26 Å². The normalized spacial score (nSPS) is 14.3. The topological polar surface area (TPSA) is 39.1 Å². The van der Waals surface area contributed by atoms with Gasteiger partial charge in [-0.25, -0.2) is 0 Å². The van der Waals surface area contributed by atoms with Crippen molar-refractivity contribution in [2.75, 3.05) is 20.6 Å². The van der Waals surface area contributed by atoms with Crippen LogP contribution >= 0.6 is 0 Å². The summed E-state index contributed by atoms with van der Waals surface area (Å²) >= 11 is 0. The highest BCUT2D eigenvalue weighted by Crippen LogP contribution is 2.16. The van der Waals surface area contributed by atoms with Gasteiger partial charge in [-0.15, -0.1) is 0 Å². The van der Waals surface area contributed by atoms with Crippen molar-refractivity contribution in [2.45, 2.75) is 39.3 Å². The molecule has 0 aromatic heterocycles. The van der Waals surface area contributed by atoms with Crippen LogP contribution in [-0.2, 0) is 0 Å². The molecule has 3 nitrogen and oxygen atoms in total. The number of hydrogen-bond donors (Lipinski definition) is 1. The highest BCUT2D eigenvalue weighted by Gasteiger charge is 2.15. The molecule has 20 heavy (non-hydrogen) atoms. The molecule has 3 heteroatoms. The van der Waals surface area contributed by atoms with Gasteiger partial charge in [0, 0.05) is 18.6 Å². The Bertz CT molecular complexity index is 419. The maximum Gasteiger partial charge on any atom is 0.0991 e. The molecular weight excluding hydrogens is 246 g/mol. The lowest BCUT2D eigenvalue weighted by atomic mass is 10.0. The third-order valence-electron chi connectivity index (χ3n) is 3.37. The monoisotopic (exact) mass is 273 g/mol. The van der Waals surface area contributed by atoms with E-state index in [1.54, 1.807) is 0 Å². The van der Waals surface area contributed by atoms with Crippen LogP contribution in [0.15, 0.2) is 24.3 Å². The van der Waals surface area contributed by atoms with E-state index in [2.05, 4.69) is 51.2 Å². The molecule has 0 radical (unpaired) electrons. The maximum atomic E-state index is 8.84. The fourth-order valence-electron chi connectivity index (χ4n) is 2.50. The Labute approximate surface area is 123 Å². The SMILES string of the molecule is CC(C)CC(CN(C)C)NC(C)c1ccc(C#N)cc1. The first-order valence-corrected chi connectivity index (χ1v) is 7.33. The minimum Gasteiger partial charge on any atom is -0.308 e. The third-order valence-corrected chi connectivity index (χ3v) is 3.37. The van der Waals surface area contributed by atoms with E-state index in [0.717, 1.165) is 6.54 Å². The van der Waals surface area contributed by atoms with E-state index >= 15 is 0 Å². The number of nitrogens with one attached hydrogen (secondary N) is 1. The average molecular weight is 273 g/mol. The van der Waals surface area contributed by atoms with E-state index in [4.69, 9.17) is 5.26 Å². The van der Waals surface area contributed by atoms with Gasteiger partial charge in [0.05, 0.1) is 11.6 Å². The quantitative estimate of drug-likeness (QED) is 0.829. The van der Waals surface area contributed by atoms with Gasteiger partial charge >= 0.3 is 0 Å². The molecule has 0 bridgehead atoms. The van der Waals surface area contributed by atoms with Gasteiger partial charge in [0.2, 0.25) is 0 Å². The Balaban J connectivity index is 2.68. The Morgan fingerprint density at radius 3 is 2.20 bits per heavy atom. The summed E-state index contributed by atoms with van der Waals surface area (Å²) in [6.07, 6.45) is 1.17. The van der Waals surface area contributed by atoms with Crippen molar-refractivity contribution in [1.82, 2.24) is 10.2 Å². The zero-order valence-electron chi connectivity index (χ0n) is 13.4. The maximum absolute atomic E-state index is 8.84. The Hall–Kier alpha value is -1.37. The molecule has 1 rings (SSSR count). The van der Waals surface area contributed by atoms with Crippen LogP contribution in [0.4, 0.5) is 0 Å². The summed E-state index contributed by atoms with van der Waals surface area (Å²) in [6, 6.07) is 10.8. The molecule has 0 fully saturated rings. The minimum absolute atomic E-state index is 0.298. The molecule has 1 aromatic rings. The molecule has 2 atom stereocenters. The molecule has 0 saturated carbocycles. The molecule has 0 aliphatic heterocycles. The standard InChI is InChI=1S/C17H27N3/c1-13(2)10-17(12-20(4)5)19-14(3)16-8-6-15(11-18)7-9-16/h6-9,13-14,17,19H,10,12H2,1-5H3. The summed E-state index contributed by atoms with van der Waals surface area (Å²) in [6.45, 7) is 7.75. The molecule has 0 spiro atoms. The summed E-state index contributed by atoms with van der Waals surface area (Å²) in [5.74, 6) is 0.681. The van der Waals surface area contributed by atoms with E-state index in [-0.39, 0.29) is 0 Å². The van der Waals surface area contributed by atoms with Crippen LogP contribution < -0.4 is 5.32 Å². The second-order valence-corrected chi connectivity index (χ2v) is 6.21. The van der Waals surface area contributed by atoms with Gasteiger partial charge in [-0.2, -0.15) is 5.26 Å². The minimum atomic E-state index is 0.298. The second kappa shape index (κ2) is 8.04. The molecule has 0 aliphatic carbocycles. The predicted octanol–water partition coefficient (Wildman–Crippen LogP) is 3.19. The first kappa shape index (κ1) is 16.7. The van der Waals surface area contributed by atoms with Gasteiger partial charge in [-0.05, 0) is 51.1 Å². The molecule has 110 valence electrons. The molecule has 1 aromatic carbocycles. The summed E-state index contributed by atoms with van der Waals surface area (Å²) < 4.78 is 0. The molecule has 0 amide bonds. The first-order valence-electron chi connectivity index (χ1n) is 7.33. The van der Waals surface area contributed by atoms with Gasteiger partial charge in [-0.1, -0.05) is 26.0 Å². The van der Waals surface area contributed by atoms with E-state index < -0.39 is 0 Å². The summed E-state index contributed by atoms with van der Waals surface area (Å²) in [5, 5.41) is 12.5. The van der Waals surface area contributed by atoms with E-state index in [0.29, 0.717) is 23.6 Å². The average Bonchev–Trinajstić information content (AvgIpc) is 2.37. The second-order valence-electron chi connectivity index (χ2n) is 6.21. The molecule has 1 N–H and O–H groups in total. The van der Waals surface area contributed by atoms with Crippen molar-refractivity contribution in [3.8, 4) is 6.07 Å². The van der Waals surface area contributed by atoms with Crippen molar-refractivity contribution in [3.63, 3.8) is 0 Å². The van der Waals surface area contributed by atoms with Gasteiger partial charge in [0.1, 0.15) is 0 Å². The molecule has 0 saturated heterocycles. The fraction of sp³-hybridized carbons (Fsp3) is 0.588.